The Morgan fingerprint density at radius 2 is 1.70 bits per heavy atom. The highest BCUT2D eigenvalue weighted by Gasteiger charge is 2.34. The Balaban J connectivity index is 1.31. The Bertz CT molecular complexity index is 1480. The molecule has 0 unspecified atom stereocenters. The summed E-state index contributed by atoms with van der Waals surface area (Å²) in [5.74, 6) is 0.475. The second-order valence-electron chi connectivity index (χ2n) is 8.25. The molecule has 0 aliphatic carbocycles. The topological polar surface area (TPSA) is 96.0 Å². The van der Waals surface area contributed by atoms with E-state index in [4.69, 9.17) is 9.47 Å². The highest BCUT2D eigenvalue weighted by Crippen LogP contribution is 2.36. The number of aromatic nitrogens is 1. The zero-order valence-electron chi connectivity index (χ0n) is 20.2. The second-order valence-corrected chi connectivity index (χ2v) is 8.25. The van der Waals surface area contributed by atoms with E-state index in [1.165, 1.54) is 24.1 Å². The van der Waals surface area contributed by atoms with Crippen LogP contribution in [0.5, 0.6) is 11.5 Å². The van der Waals surface area contributed by atoms with Crippen molar-refractivity contribution in [2.45, 2.75) is 0 Å². The van der Waals surface area contributed by atoms with Crippen LogP contribution in [0, 0.1) is 5.82 Å². The average Bonchev–Trinajstić information content (AvgIpc) is 3.31. The standard InChI is InChI=1S/C27H24FN5O4/c1-36-24-15-19-21(10-11-29-23(19)16-25(24)37-2)31-22-9-8-17(14-20(22)28)30-26(34)33-13-12-32(27(33)35)18-6-4-3-5-7-18/h3-11,14-16H,12-13H2,1-2H3,(H,29,31)(H,30,34). The molecular weight excluding hydrogens is 477 g/mol. The Morgan fingerprint density at radius 3 is 2.43 bits per heavy atom. The number of imide groups is 1. The lowest BCUT2D eigenvalue weighted by Gasteiger charge is -2.18. The number of nitrogens with zero attached hydrogens (tertiary/aromatic N) is 3. The molecule has 1 aromatic heterocycles. The molecule has 0 saturated carbocycles. The molecule has 1 aliphatic heterocycles. The summed E-state index contributed by atoms with van der Waals surface area (Å²) < 4.78 is 25.7. The van der Waals surface area contributed by atoms with Crippen molar-refractivity contribution in [3.05, 3.63) is 78.7 Å². The van der Waals surface area contributed by atoms with Crippen LogP contribution in [-0.2, 0) is 0 Å². The first-order valence-corrected chi connectivity index (χ1v) is 11.5. The molecule has 1 fully saturated rings. The number of pyridine rings is 1. The summed E-state index contributed by atoms with van der Waals surface area (Å²) >= 11 is 0. The van der Waals surface area contributed by atoms with Crippen molar-refractivity contribution >= 4 is 45.7 Å². The van der Waals surface area contributed by atoms with Gasteiger partial charge in [-0.2, -0.15) is 0 Å². The van der Waals surface area contributed by atoms with Crippen LogP contribution >= 0.6 is 0 Å². The summed E-state index contributed by atoms with van der Waals surface area (Å²) in [6.45, 7) is 0.606. The highest BCUT2D eigenvalue weighted by atomic mass is 19.1. The molecule has 3 aromatic carbocycles. The van der Waals surface area contributed by atoms with Crippen LogP contribution in [0.2, 0.25) is 0 Å². The summed E-state index contributed by atoms with van der Waals surface area (Å²) in [6, 6.07) is 17.6. The molecule has 37 heavy (non-hydrogen) atoms. The van der Waals surface area contributed by atoms with Crippen molar-refractivity contribution in [2.24, 2.45) is 0 Å². The van der Waals surface area contributed by atoms with E-state index in [0.29, 0.717) is 40.3 Å². The van der Waals surface area contributed by atoms with E-state index < -0.39 is 17.9 Å². The molecule has 188 valence electrons. The zero-order valence-corrected chi connectivity index (χ0v) is 20.2. The lowest BCUT2D eigenvalue weighted by Crippen LogP contribution is -2.39. The van der Waals surface area contributed by atoms with Gasteiger partial charge in [-0.25, -0.2) is 18.9 Å². The van der Waals surface area contributed by atoms with E-state index in [2.05, 4.69) is 15.6 Å². The van der Waals surface area contributed by atoms with Crippen LogP contribution in [0.25, 0.3) is 10.9 Å². The van der Waals surface area contributed by atoms with Crippen LogP contribution in [0.15, 0.2) is 72.9 Å². The summed E-state index contributed by atoms with van der Waals surface area (Å²) in [5, 5.41) is 6.40. The first-order valence-electron chi connectivity index (χ1n) is 11.5. The number of nitrogens with one attached hydrogen (secondary N) is 2. The Hall–Kier alpha value is -4.86. The summed E-state index contributed by atoms with van der Waals surface area (Å²) in [7, 11) is 3.08. The quantitative estimate of drug-likeness (QED) is 0.357. The second kappa shape index (κ2) is 10.0. The number of amides is 4. The molecule has 0 radical (unpaired) electrons. The number of methoxy groups -OCH3 is 2. The summed E-state index contributed by atoms with van der Waals surface area (Å²) in [6.07, 6.45) is 1.61. The van der Waals surface area contributed by atoms with Crippen molar-refractivity contribution < 1.29 is 23.5 Å². The van der Waals surface area contributed by atoms with Crippen molar-refractivity contribution in [3.8, 4) is 11.5 Å². The largest absolute Gasteiger partial charge is 0.493 e. The maximum Gasteiger partial charge on any atom is 0.332 e. The number of carbonyl (C=O) groups is 2. The Morgan fingerprint density at radius 1 is 0.946 bits per heavy atom. The third-order valence-electron chi connectivity index (χ3n) is 6.06. The van der Waals surface area contributed by atoms with Gasteiger partial charge < -0.3 is 20.1 Å². The van der Waals surface area contributed by atoms with Crippen LogP contribution in [0.4, 0.5) is 36.7 Å². The normalized spacial score (nSPS) is 13.1. The first-order chi connectivity index (χ1) is 18.0. The number of halogens is 1. The molecule has 9 nitrogen and oxygen atoms in total. The van der Waals surface area contributed by atoms with E-state index in [1.807, 2.05) is 18.2 Å². The van der Waals surface area contributed by atoms with Gasteiger partial charge >= 0.3 is 12.1 Å². The molecule has 0 bridgehead atoms. The molecule has 4 aromatic rings. The minimum absolute atomic E-state index is 0.202. The molecule has 4 amide bonds. The summed E-state index contributed by atoms with van der Waals surface area (Å²) in [5.41, 5.74) is 2.40. The number of rotatable bonds is 6. The molecule has 0 atom stereocenters. The molecule has 10 heteroatoms. The summed E-state index contributed by atoms with van der Waals surface area (Å²) in [4.78, 5) is 32.5. The van der Waals surface area contributed by atoms with Gasteiger partial charge in [-0.15, -0.1) is 0 Å². The number of para-hydroxylation sites is 1. The number of hydrogen-bond donors (Lipinski definition) is 2. The number of ether oxygens (including phenoxy) is 2. The van der Waals surface area contributed by atoms with Gasteiger partial charge in [0.05, 0.1) is 32.0 Å². The number of urea groups is 2. The molecule has 1 aliphatic rings. The van der Waals surface area contributed by atoms with E-state index in [-0.39, 0.29) is 17.9 Å². The molecule has 5 rings (SSSR count). The third-order valence-corrected chi connectivity index (χ3v) is 6.06. The first kappa shape index (κ1) is 23.9. The van der Waals surface area contributed by atoms with Crippen LogP contribution in [0.1, 0.15) is 0 Å². The van der Waals surface area contributed by atoms with E-state index in [0.717, 1.165) is 4.90 Å². The van der Waals surface area contributed by atoms with Gasteiger partial charge in [0.15, 0.2) is 11.5 Å². The van der Waals surface area contributed by atoms with E-state index >= 15 is 4.39 Å². The fourth-order valence-corrected chi connectivity index (χ4v) is 4.18. The minimum Gasteiger partial charge on any atom is -0.493 e. The van der Waals surface area contributed by atoms with Crippen LogP contribution in [0.3, 0.4) is 0 Å². The smallest absolute Gasteiger partial charge is 0.332 e. The van der Waals surface area contributed by atoms with Crippen LogP contribution in [-0.4, -0.2) is 49.3 Å². The zero-order chi connectivity index (χ0) is 25.9. The maximum atomic E-state index is 15.0. The minimum atomic E-state index is -0.621. The van der Waals surface area contributed by atoms with Gasteiger partial charge in [-0.1, -0.05) is 18.2 Å². The monoisotopic (exact) mass is 501 g/mol. The molecule has 0 spiro atoms. The number of fused-ring (bicyclic) bond motifs is 1. The third kappa shape index (κ3) is 4.68. The van der Waals surface area contributed by atoms with Gasteiger partial charge in [0.1, 0.15) is 5.82 Å². The van der Waals surface area contributed by atoms with E-state index in [1.54, 1.807) is 49.7 Å². The van der Waals surface area contributed by atoms with Crippen molar-refractivity contribution in [2.75, 3.05) is 42.8 Å². The van der Waals surface area contributed by atoms with Crippen molar-refractivity contribution in [1.29, 1.82) is 0 Å². The fraction of sp³-hybridized carbons (Fsp3) is 0.148. The predicted molar refractivity (Wildman–Crippen MR) is 139 cm³/mol. The number of benzene rings is 3. The van der Waals surface area contributed by atoms with Crippen LogP contribution < -0.4 is 25.0 Å². The van der Waals surface area contributed by atoms with Crippen molar-refractivity contribution in [1.82, 2.24) is 9.88 Å². The number of hydrogen-bond acceptors (Lipinski definition) is 6. The Labute approximate surface area is 212 Å². The van der Waals surface area contributed by atoms with E-state index in [9.17, 15) is 9.59 Å². The lowest BCUT2D eigenvalue weighted by molar-refractivity contribution is 0.209. The van der Waals surface area contributed by atoms with Crippen molar-refractivity contribution in [3.63, 3.8) is 0 Å². The maximum absolute atomic E-state index is 15.0. The SMILES string of the molecule is COc1cc2nccc(Nc3ccc(NC(=O)N4CCN(c5ccccc5)C4=O)cc3F)c2cc1OC. The molecular formula is C27H24FN5O4. The van der Waals surface area contributed by atoms with Gasteiger partial charge in [0.25, 0.3) is 0 Å². The highest BCUT2D eigenvalue weighted by molar-refractivity contribution is 6.08. The number of anilines is 4. The van der Waals surface area contributed by atoms with Gasteiger partial charge in [0.2, 0.25) is 0 Å². The molecule has 1 saturated heterocycles. The molecule has 2 heterocycles. The lowest BCUT2D eigenvalue weighted by atomic mass is 10.1. The Kier molecular flexibility index (Phi) is 6.46. The predicted octanol–water partition coefficient (Wildman–Crippen LogP) is 5.61. The molecule has 2 N–H and O–H groups in total. The van der Waals surface area contributed by atoms with Gasteiger partial charge in [-0.05, 0) is 42.5 Å². The average molecular weight is 502 g/mol. The number of carbonyl (C=O) groups excluding carboxylic acids is 2. The van der Waals surface area contributed by atoms with Gasteiger partial charge in [0, 0.05) is 41.3 Å². The van der Waals surface area contributed by atoms with Gasteiger partial charge in [-0.3, -0.25) is 9.88 Å². The fourth-order valence-electron chi connectivity index (χ4n) is 4.18.